The lowest BCUT2D eigenvalue weighted by Crippen LogP contribution is -2.46. The van der Waals surface area contributed by atoms with Crippen LogP contribution >= 0.6 is 35.3 Å². The molecule has 1 aromatic rings. The van der Waals surface area contributed by atoms with E-state index in [1.54, 1.807) is 11.3 Å². The molecule has 2 N–H and O–H groups in total. The van der Waals surface area contributed by atoms with Crippen LogP contribution in [0.1, 0.15) is 50.7 Å². The van der Waals surface area contributed by atoms with Gasteiger partial charge in [0.15, 0.2) is 5.96 Å². The molecule has 0 radical (unpaired) electrons. The van der Waals surface area contributed by atoms with Crippen LogP contribution in [-0.2, 0) is 11.2 Å². The monoisotopic (exact) mass is 537 g/mol. The zero-order chi connectivity index (χ0) is 20.2. The number of nitrogens with one attached hydrogen (secondary N) is 2. The van der Waals surface area contributed by atoms with Gasteiger partial charge in [0, 0.05) is 43.3 Å². The number of ether oxygens (including phenoxy) is 1. The standard InChI is InChI=1S/C21H39N5OS.HI/c1-5-22-21(23-9-7-6-8-20-25-18(4)16-28-20)24-15-19(14-17(2)3)26-10-12-27-13-11-26;/h16-17,19H,5-15H2,1-4H3,(H2,22,23,24);1H. The first-order valence-corrected chi connectivity index (χ1v) is 11.7. The summed E-state index contributed by atoms with van der Waals surface area (Å²) >= 11 is 1.77. The third-order valence-electron chi connectivity index (χ3n) is 4.89. The van der Waals surface area contributed by atoms with E-state index in [4.69, 9.17) is 9.73 Å². The first-order valence-electron chi connectivity index (χ1n) is 10.8. The van der Waals surface area contributed by atoms with Crippen LogP contribution in [0.3, 0.4) is 0 Å². The topological polar surface area (TPSA) is 61.8 Å². The second-order valence-corrected chi connectivity index (χ2v) is 8.86. The lowest BCUT2D eigenvalue weighted by molar-refractivity contribution is 0.0143. The lowest BCUT2D eigenvalue weighted by Gasteiger charge is -2.34. The van der Waals surface area contributed by atoms with E-state index >= 15 is 0 Å². The molecule has 0 spiro atoms. The Balaban J connectivity index is 0.00000420. The average Bonchev–Trinajstić information content (AvgIpc) is 3.10. The Labute approximate surface area is 198 Å². The summed E-state index contributed by atoms with van der Waals surface area (Å²) in [5, 5.41) is 10.3. The molecule has 1 aliphatic rings. The first kappa shape index (κ1) is 26.6. The van der Waals surface area contributed by atoms with Gasteiger partial charge in [0.05, 0.1) is 24.8 Å². The number of aromatic nitrogens is 1. The van der Waals surface area contributed by atoms with Crippen molar-refractivity contribution in [1.82, 2.24) is 20.5 Å². The van der Waals surface area contributed by atoms with Crippen LogP contribution in [0.4, 0.5) is 0 Å². The summed E-state index contributed by atoms with van der Waals surface area (Å²) in [7, 11) is 0. The van der Waals surface area contributed by atoms with Crippen LogP contribution in [0.25, 0.3) is 0 Å². The number of halogens is 1. The maximum absolute atomic E-state index is 5.52. The number of hydrogen-bond donors (Lipinski definition) is 2. The zero-order valence-corrected chi connectivity index (χ0v) is 21.7. The Hall–Kier alpha value is -0.450. The van der Waals surface area contributed by atoms with Crippen molar-refractivity contribution in [3.05, 3.63) is 16.1 Å². The molecule has 0 aliphatic carbocycles. The Kier molecular flexibility index (Phi) is 14.1. The van der Waals surface area contributed by atoms with Gasteiger partial charge in [0.2, 0.25) is 0 Å². The number of guanidine groups is 1. The van der Waals surface area contributed by atoms with E-state index in [9.17, 15) is 0 Å². The number of aliphatic imine (C=N–C) groups is 1. The van der Waals surface area contributed by atoms with Gasteiger partial charge in [-0.3, -0.25) is 9.89 Å². The maximum atomic E-state index is 5.52. The summed E-state index contributed by atoms with van der Waals surface area (Å²) in [6.07, 6.45) is 4.53. The second kappa shape index (κ2) is 15.4. The van der Waals surface area contributed by atoms with Gasteiger partial charge in [-0.05, 0) is 45.4 Å². The number of morpholine rings is 1. The molecule has 0 bridgehead atoms. The minimum Gasteiger partial charge on any atom is -0.379 e. The summed E-state index contributed by atoms with van der Waals surface area (Å²) in [4.78, 5) is 12.0. The molecular weight excluding hydrogens is 497 g/mol. The third-order valence-corrected chi connectivity index (χ3v) is 5.91. The number of rotatable bonds is 11. The summed E-state index contributed by atoms with van der Waals surface area (Å²) in [5.41, 5.74) is 1.14. The molecule has 1 aromatic heterocycles. The van der Waals surface area contributed by atoms with Gasteiger partial charge in [-0.15, -0.1) is 35.3 Å². The van der Waals surface area contributed by atoms with Crippen molar-refractivity contribution in [3.63, 3.8) is 0 Å². The zero-order valence-electron chi connectivity index (χ0n) is 18.6. The highest BCUT2D eigenvalue weighted by atomic mass is 127. The Morgan fingerprint density at radius 1 is 1.28 bits per heavy atom. The molecule has 1 unspecified atom stereocenters. The second-order valence-electron chi connectivity index (χ2n) is 7.92. The summed E-state index contributed by atoms with van der Waals surface area (Å²) in [6, 6.07) is 0.493. The first-order chi connectivity index (χ1) is 13.6. The van der Waals surface area contributed by atoms with Crippen LogP contribution in [-0.4, -0.2) is 67.8 Å². The Bertz CT molecular complexity index is 575. The number of thiazole rings is 1. The van der Waals surface area contributed by atoms with Gasteiger partial charge in [0.25, 0.3) is 0 Å². The average molecular weight is 538 g/mol. The fourth-order valence-corrected chi connectivity index (χ4v) is 4.31. The molecule has 6 nitrogen and oxygen atoms in total. The van der Waals surface area contributed by atoms with Crippen molar-refractivity contribution >= 4 is 41.3 Å². The lowest BCUT2D eigenvalue weighted by atomic mass is 10.0. The molecule has 1 atom stereocenters. The molecule has 2 heterocycles. The van der Waals surface area contributed by atoms with E-state index in [0.29, 0.717) is 12.0 Å². The van der Waals surface area contributed by atoms with Crippen LogP contribution in [0.2, 0.25) is 0 Å². The van der Waals surface area contributed by atoms with E-state index < -0.39 is 0 Å². The van der Waals surface area contributed by atoms with Gasteiger partial charge in [-0.1, -0.05) is 13.8 Å². The number of aryl methyl sites for hydroxylation is 2. The minimum atomic E-state index is 0. The number of hydrogen-bond acceptors (Lipinski definition) is 5. The molecular formula is C21H40IN5OS. The van der Waals surface area contributed by atoms with Gasteiger partial charge in [-0.25, -0.2) is 4.98 Å². The van der Waals surface area contributed by atoms with Crippen molar-refractivity contribution in [1.29, 1.82) is 0 Å². The maximum Gasteiger partial charge on any atom is 0.191 e. The Morgan fingerprint density at radius 2 is 2.03 bits per heavy atom. The third kappa shape index (κ3) is 10.9. The van der Waals surface area contributed by atoms with Crippen molar-refractivity contribution in [2.45, 2.75) is 59.4 Å². The van der Waals surface area contributed by atoms with Crippen molar-refractivity contribution < 1.29 is 4.74 Å². The molecule has 29 heavy (non-hydrogen) atoms. The molecule has 1 aliphatic heterocycles. The highest BCUT2D eigenvalue weighted by molar-refractivity contribution is 14.0. The molecule has 0 amide bonds. The quantitative estimate of drug-likeness (QED) is 0.195. The highest BCUT2D eigenvalue weighted by Gasteiger charge is 2.21. The van der Waals surface area contributed by atoms with E-state index in [-0.39, 0.29) is 24.0 Å². The van der Waals surface area contributed by atoms with Gasteiger partial charge >= 0.3 is 0 Å². The van der Waals surface area contributed by atoms with E-state index in [1.807, 2.05) is 0 Å². The fourth-order valence-electron chi connectivity index (χ4n) is 3.49. The predicted molar refractivity (Wildman–Crippen MR) is 135 cm³/mol. The highest BCUT2D eigenvalue weighted by Crippen LogP contribution is 2.14. The van der Waals surface area contributed by atoms with Crippen molar-refractivity contribution in [3.8, 4) is 0 Å². The van der Waals surface area contributed by atoms with Crippen molar-refractivity contribution in [2.75, 3.05) is 45.9 Å². The summed E-state index contributed by atoms with van der Waals surface area (Å²) in [6.45, 7) is 15.2. The number of unbranched alkanes of at least 4 members (excludes halogenated alkanes) is 1. The molecule has 0 aromatic carbocycles. The van der Waals surface area contributed by atoms with Crippen LogP contribution in [0, 0.1) is 12.8 Å². The smallest absolute Gasteiger partial charge is 0.191 e. The van der Waals surface area contributed by atoms with E-state index in [0.717, 1.165) is 76.9 Å². The molecule has 1 fully saturated rings. The van der Waals surface area contributed by atoms with Gasteiger partial charge in [0.1, 0.15) is 0 Å². The van der Waals surface area contributed by atoms with E-state index in [1.165, 1.54) is 11.4 Å². The Morgan fingerprint density at radius 3 is 2.66 bits per heavy atom. The SMILES string of the molecule is CCNC(=NCC(CC(C)C)N1CCOCC1)NCCCCc1nc(C)cs1.I. The van der Waals surface area contributed by atoms with Crippen LogP contribution in [0.5, 0.6) is 0 Å². The minimum absolute atomic E-state index is 0. The normalized spacial score (nSPS) is 16.5. The van der Waals surface area contributed by atoms with Gasteiger partial charge < -0.3 is 15.4 Å². The summed E-state index contributed by atoms with van der Waals surface area (Å²) in [5.74, 6) is 1.61. The van der Waals surface area contributed by atoms with E-state index in [2.05, 4.69) is 53.6 Å². The van der Waals surface area contributed by atoms with Crippen molar-refractivity contribution in [2.24, 2.45) is 10.9 Å². The summed E-state index contributed by atoms with van der Waals surface area (Å²) < 4.78 is 5.52. The largest absolute Gasteiger partial charge is 0.379 e. The molecule has 2 rings (SSSR count). The molecule has 8 heteroatoms. The molecule has 168 valence electrons. The molecule has 0 saturated carbocycles. The number of nitrogens with zero attached hydrogens (tertiary/aromatic N) is 3. The van der Waals surface area contributed by atoms with Gasteiger partial charge in [-0.2, -0.15) is 0 Å². The molecule has 1 saturated heterocycles. The van der Waals surface area contributed by atoms with Crippen LogP contribution in [0.15, 0.2) is 10.4 Å². The predicted octanol–water partition coefficient (Wildman–Crippen LogP) is 3.69. The van der Waals surface area contributed by atoms with Crippen LogP contribution < -0.4 is 10.6 Å². The fraction of sp³-hybridized carbons (Fsp3) is 0.810.